The molecule has 4 heteroatoms. The molecule has 1 atom stereocenters. The van der Waals surface area contributed by atoms with E-state index in [0.717, 1.165) is 29.0 Å². The van der Waals surface area contributed by atoms with E-state index in [1.807, 2.05) is 66.7 Å². The van der Waals surface area contributed by atoms with E-state index in [1.54, 1.807) is 0 Å². The van der Waals surface area contributed by atoms with Gasteiger partial charge in [-0.2, -0.15) is 0 Å². The maximum atomic E-state index is 6.49. The van der Waals surface area contributed by atoms with Gasteiger partial charge in [-0.15, -0.1) is 0 Å². The van der Waals surface area contributed by atoms with Crippen LogP contribution >= 0.6 is 34.2 Å². The van der Waals surface area contributed by atoms with Gasteiger partial charge < -0.3 is 9.47 Å². The molecule has 0 heterocycles. The van der Waals surface area contributed by atoms with Crippen LogP contribution in [0.2, 0.25) is 5.02 Å². The maximum Gasteiger partial charge on any atom is 0.169 e. The number of hydrogen-bond acceptors (Lipinski definition) is 2. The van der Waals surface area contributed by atoms with E-state index in [0.29, 0.717) is 27.8 Å². The van der Waals surface area contributed by atoms with Gasteiger partial charge in [-0.3, -0.25) is 0 Å². The molecule has 3 rings (SSSR count). The number of halogens is 2. The lowest BCUT2D eigenvalue weighted by molar-refractivity contribution is 0.291. The Morgan fingerprint density at radius 1 is 0.926 bits per heavy atom. The van der Waals surface area contributed by atoms with Crippen molar-refractivity contribution in [2.24, 2.45) is 0 Å². The molecule has 140 valence electrons. The van der Waals surface area contributed by atoms with Crippen molar-refractivity contribution < 1.29 is 9.47 Å². The Labute approximate surface area is 179 Å². The highest BCUT2D eigenvalue weighted by Gasteiger charge is 2.13. The van der Waals surface area contributed by atoms with E-state index in [9.17, 15) is 0 Å². The zero-order chi connectivity index (χ0) is 19.1. The molecule has 3 aromatic carbocycles. The van der Waals surface area contributed by atoms with E-state index in [4.69, 9.17) is 21.1 Å². The topological polar surface area (TPSA) is 18.5 Å². The standard InChI is InChI=1S/C23H22ClIO2/c1-2-8-21(25)19-14-13-18(15-20(19)24)27-23-12-7-6-11-22(23)26-16-17-9-4-3-5-10-17/h3-7,9-15,21H,2,8,16H2,1H3. The number of hydrogen-bond donors (Lipinski definition) is 0. The summed E-state index contributed by atoms with van der Waals surface area (Å²) in [5.41, 5.74) is 2.27. The van der Waals surface area contributed by atoms with Crippen LogP contribution in [0.4, 0.5) is 0 Å². The van der Waals surface area contributed by atoms with Crippen molar-refractivity contribution in [3.63, 3.8) is 0 Å². The molecule has 0 N–H and O–H groups in total. The molecule has 0 bridgehead atoms. The van der Waals surface area contributed by atoms with Crippen LogP contribution in [0.25, 0.3) is 0 Å². The molecule has 0 saturated heterocycles. The van der Waals surface area contributed by atoms with Crippen LogP contribution < -0.4 is 9.47 Å². The van der Waals surface area contributed by atoms with Crippen LogP contribution in [0.3, 0.4) is 0 Å². The Hall–Kier alpha value is -1.72. The highest BCUT2D eigenvalue weighted by molar-refractivity contribution is 14.1. The zero-order valence-electron chi connectivity index (χ0n) is 15.2. The monoisotopic (exact) mass is 492 g/mol. The van der Waals surface area contributed by atoms with Crippen LogP contribution in [0.15, 0.2) is 72.8 Å². The van der Waals surface area contributed by atoms with Gasteiger partial charge in [0.15, 0.2) is 11.5 Å². The van der Waals surface area contributed by atoms with Gasteiger partial charge in [-0.25, -0.2) is 0 Å². The minimum absolute atomic E-state index is 0.413. The zero-order valence-corrected chi connectivity index (χ0v) is 18.1. The molecule has 0 aromatic heterocycles. The highest BCUT2D eigenvalue weighted by atomic mass is 127. The molecule has 0 aliphatic rings. The van der Waals surface area contributed by atoms with Gasteiger partial charge in [0, 0.05) is 8.95 Å². The number of alkyl halides is 1. The first-order valence-corrected chi connectivity index (χ1v) is 10.7. The van der Waals surface area contributed by atoms with Crippen molar-refractivity contribution in [3.8, 4) is 17.2 Å². The average Bonchev–Trinajstić information content (AvgIpc) is 2.68. The summed E-state index contributed by atoms with van der Waals surface area (Å²) in [6.07, 6.45) is 2.24. The molecule has 27 heavy (non-hydrogen) atoms. The van der Waals surface area contributed by atoms with Crippen LogP contribution in [0.5, 0.6) is 17.2 Å². The van der Waals surface area contributed by atoms with Crippen LogP contribution in [-0.4, -0.2) is 0 Å². The fourth-order valence-electron chi connectivity index (χ4n) is 2.75. The first kappa shape index (κ1) is 20.0. The minimum atomic E-state index is 0.413. The van der Waals surface area contributed by atoms with E-state index >= 15 is 0 Å². The van der Waals surface area contributed by atoms with Gasteiger partial charge >= 0.3 is 0 Å². The lowest BCUT2D eigenvalue weighted by Gasteiger charge is -2.15. The van der Waals surface area contributed by atoms with E-state index < -0.39 is 0 Å². The summed E-state index contributed by atoms with van der Waals surface area (Å²) in [6.45, 7) is 2.68. The van der Waals surface area contributed by atoms with Crippen molar-refractivity contribution >= 4 is 34.2 Å². The third-order valence-corrected chi connectivity index (χ3v) is 5.79. The van der Waals surface area contributed by atoms with Gasteiger partial charge in [0.25, 0.3) is 0 Å². The van der Waals surface area contributed by atoms with Crippen molar-refractivity contribution in [1.82, 2.24) is 0 Å². The van der Waals surface area contributed by atoms with Crippen molar-refractivity contribution in [3.05, 3.63) is 88.9 Å². The van der Waals surface area contributed by atoms with Crippen LogP contribution in [0, 0.1) is 0 Å². The van der Waals surface area contributed by atoms with E-state index in [-0.39, 0.29) is 0 Å². The molecule has 0 amide bonds. The Morgan fingerprint density at radius 3 is 2.33 bits per heavy atom. The van der Waals surface area contributed by atoms with Gasteiger partial charge in [0.2, 0.25) is 0 Å². The summed E-state index contributed by atoms with van der Waals surface area (Å²) in [7, 11) is 0. The predicted molar refractivity (Wildman–Crippen MR) is 120 cm³/mol. The third kappa shape index (κ3) is 5.63. The van der Waals surface area contributed by atoms with Gasteiger partial charge in [0.05, 0.1) is 0 Å². The largest absolute Gasteiger partial charge is 0.485 e. The lowest BCUT2D eigenvalue weighted by Crippen LogP contribution is -1.97. The third-order valence-electron chi connectivity index (χ3n) is 4.17. The number of para-hydroxylation sites is 2. The second-order valence-electron chi connectivity index (χ2n) is 6.26. The molecule has 0 saturated carbocycles. The van der Waals surface area contributed by atoms with Crippen molar-refractivity contribution in [2.75, 3.05) is 0 Å². The Morgan fingerprint density at radius 2 is 1.63 bits per heavy atom. The van der Waals surface area contributed by atoms with Gasteiger partial charge in [0.1, 0.15) is 12.4 Å². The Kier molecular flexibility index (Phi) is 7.41. The van der Waals surface area contributed by atoms with Crippen LogP contribution in [0.1, 0.15) is 34.8 Å². The van der Waals surface area contributed by atoms with E-state index in [1.165, 1.54) is 0 Å². The normalized spacial score (nSPS) is 11.8. The molecule has 0 radical (unpaired) electrons. The second-order valence-corrected chi connectivity index (χ2v) is 8.17. The Balaban J connectivity index is 1.73. The molecular formula is C23H22ClIO2. The minimum Gasteiger partial charge on any atom is -0.485 e. The summed E-state index contributed by atoms with van der Waals surface area (Å²) in [6, 6.07) is 23.7. The number of benzene rings is 3. The van der Waals surface area contributed by atoms with Crippen molar-refractivity contribution in [2.45, 2.75) is 30.3 Å². The Bertz CT molecular complexity index is 867. The summed E-state index contributed by atoms with van der Waals surface area (Å²) < 4.78 is 12.4. The quantitative estimate of drug-likeness (QED) is 0.234. The molecule has 3 aromatic rings. The lowest BCUT2D eigenvalue weighted by atomic mass is 10.1. The number of rotatable bonds is 8. The summed E-state index contributed by atoms with van der Waals surface area (Å²) in [5.74, 6) is 2.09. The molecular weight excluding hydrogens is 471 g/mol. The number of ether oxygens (including phenoxy) is 2. The predicted octanol–water partition coefficient (Wildman–Crippen LogP) is 7.99. The van der Waals surface area contributed by atoms with Crippen LogP contribution in [-0.2, 0) is 6.61 Å². The SMILES string of the molecule is CCCC(I)c1ccc(Oc2ccccc2OCc2ccccc2)cc1Cl. The maximum absolute atomic E-state index is 6.49. The fraction of sp³-hybridized carbons (Fsp3) is 0.217. The van der Waals surface area contributed by atoms with Gasteiger partial charge in [-0.05, 0) is 41.8 Å². The fourth-order valence-corrected chi connectivity index (χ4v) is 4.40. The summed E-state index contributed by atoms with van der Waals surface area (Å²) >= 11 is 8.94. The average molecular weight is 493 g/mol. The first-order chi connectivity index (χ1) is 13.2. The van der Waals surface area contributed by atoms with Gasteiger partial charge in [-0.1, -0.05) is 96.1 Å². The summed E-state index contributed by atoms with van der Waals surface area (Å²) in [5, 5.41) is 0.739. The highest BCUT2D eigenvalue weighted by Crippen LogP contribution is 2.38. The molecule has 1 unspecified atom stereocenters. The van der Waals surface area contributed by atoms with E-state index in [2.05, 4.69) is 35.6 Å². The second kappa shape index (κ2) is 10.00. The summed E-state index contributed by atoms with van der Waals surface area (Å²) in [4.78, 5) is 0. The first-order valence-electron chi connectivity index (χ1n) is 9.04. The molecule has 0 spiro atoms. The molecule has 0 fully saturated rings. The smallest absolute Gasteiger partial charge is 0.169 e. The molecule has 0 aliphatic carbocycles. The molecule has 2 nitrogen and oxygen atoms in total. The molecule has 0 aliphatic heterocycles. The van der Waals surface area contributed by atoms with Crippen molar-refractivity contribution in [1.29, 1.82) is 0 Å².